The summed E-state index contributed by atoms with van der Waals surface area (Å²) in [6.45, 7) is 1.66. The molecule has 24 heavy (non-hydrogen) atoms. The molecule has 1 unspecified atom stereocenters. The first kappa shape index (κ1) is 17.4. The normalized spacial score (nSPS) is 11.4. The lowest BCUT2D eigenvalue weighted by Crippen LogP contribution is -2.42. The maximum atomic E-state index is 12.6. The number of nitrogens with one attached hydrogen (secondary N) is 2. The van der Waals surface area contributed by atoms with Gasteiger partial charge in [-0.25, -0.2) is 0 Å². The van der Waals surface area contributed by atoms with E-state index in [0.29, 0.717) is 12.1 Å². The molecule has 2 aromatic carbocycles. The zero-order valence-electron chi connectivity index (χ0n) is 13.5. The number of rotatable bonds is 7. The predicted octanol–water partition coefficient (Wildman–Crippen LogP) is 1.94. The summed E-state index contributed by atoms with van der Waals surface area (Å²) < 4.78 is 0. The smallest absolute Gasteiger partial charge is 0.233 e. The van der Waals surface area contributed by atoms with E-state index in [0.717, 1.165) is 5.56 Å². The molecule has 0 saturated carbocycles. The van der Waals surface area contributed by atoms with Crippen molar-refractivity contribution in [2.75, 3.05) is 6.54 Å². The number of hydrogen-bond acceptors (Lipinski definition) is 3. The maximum Gasteiger partial charge on any atom is 0.233 e. The molecule has 5 nitrogen and oxygen atoms in total. The highest BCUT2D eigenvalue weighted by Gasteiger charge is 2.27. The minimum absolute atomic E-state index is 0.0241. The molecule has 2 N–H and O–H groups in total. The van der Waals surface area contributed by atoms with E-state index in [1.165, 1.54) is 6.92 Å². The number of ketones is 1. The zero-order chi connectivity index (χ0) is 17.4. The molecule has 0 heterocycles. The van der Waals surface area contributed by atoms with Crippen LogP contribution in [-0.4, -0.2) is 24.1 Å². The van der Waals surface area contributed by atoms with Gasteiger partial charge in [0.15, 0.2) is 5.78 Å². The van der Waals surface area contributed by atoms with E-state index in [4.69, 9.17) is 0 Å². The summed E-state index contributed by atoms with van der Waals surface area (Å²) in [6.07, 6.45) is 0. The summed E-state index contributed by atoms with van der Waals surface area (Å²) in [5.41, 5.74) is 1.39. The highest BCUT2D eigenvalue weighted by atomic mass is 16.2. The Hall–Kier alpha value is -2.95. The van der Waals surface area contributed by atoms with Crippen LogP contribution in [0.1, 0.15) is 22.8 Å². The van der Waals surface area contributed by atoms with Crippen molar-refractivity contribution in [2.45, 2.75) is 13.5 Å². The summed E-state index contributed by atoms with van der Waals surface area (Å²) >= 11 is 0. The van der Waals surface area contributed by atoms with Gasteiger partial charge in [-0.3, -0.25) is 14.4 Å². The van der Waals surface area contributed by atoms with Gasteiger partial charge >= 0.3 is 0 Å². The molecular formula is C19H20N2O3. The Morgan fingerprint density at radius 1 is 0.875 bits per heavy atom. The van der Waals surface area contributed by atoms with Gasteiger partial charge in [0.05, 0.1) is 0 Å². The molecule has 0 fully saturated rings. The van der Waals surface area contributed by atoms with Gasteiger partial charge in [-0.15, -0.1) is 0 Å². The van der Waals surface area contributed by atoms with E-state index in [9.17, 15) is 14.4 Å². The van der Waals surface area contributed by atoms with Gasteiger partial charge in [0.25, 0.3) is 0 Å². The molecule has 2 amide bonds. The highest BCUT2D eigenvalue weighted by molar-refractivity contribution is 6.10. The lowest BCUT2D eigenvalue weighted by Gasteiger charge is -2.16. The van der Waals surface area contributed by atoms with Crippen LogP contribution in [0.4, 0.5) is 0 Å². The Morgan fingerprint density at radius 3 is 2.04 bits per heavy atom. The first-order valence-corrected chi connectivity index (χ1v) is 7.73. The van der Waals surface area contributed by atoms with Crippen molar-refractivity contribution in [2.24, 2.45) is 5.92 Å². The third kappa shape index (κ3) is 5.05. The third-order valence-corrected chi connectivity index (χ3v) is 3.56. The predicted molar refractivity (Wildman–Crippen MR) is 91.2 cm³/mol. The van der Waals surface area contributed by atoms with Crippen LogP contribution in [0.5, 0.6) is 0 Å². The van der Waals surface area contributed by atoms with Gasteiger partial charge in [0, 0.05) is 25.6 Å². The van der Waals surface area contributed by atoms with Crippen LogP contribution >= 0.6 is 0 Å². The van der Waals surface area contributed by atoms with Crippen molar-refractivity contribution in [1.29, 1.82) is 0 Å². The largest absolute Gasteiger partial charge is 0.355 e. The molecule has 0 aromatic heterocycles. The number of hydrogen-bond donors (Lipinski definition) is 2. The van der Waals surface area contributed by atoms with Gasteiger partial charge in [-0.2, -0.15) is 0 Å². The molecule has 124 valence electrons. The van der Waals surface area contributed by atoms with Crippen molar-refractivity contribution >= 4 is 17.6 Å². The lowest BCUT2D eigenvalue weighted by atomic mass is 9.96. The third-order valence-electron chi connectivity index (χ3n) is 3.56. The van der Waals surface area contributed by atoms with Crippen molar-refractivity contribution in [3.8, 4) is 0 Å². The van der Waals surface area contributed by atoms with Crippen LogP contribution in [0.25, 0.3) is 0 Å². The molecule has 0 radical (unpaired) electrons. The number of benzene rings is 2. The van der Waals surface area contributed by atoms with Crippen LogP contribution in [-0.2, 0) is 16.1 Å². The van der Waals surface area contributed by atoms with Crippen LogP contribution in [0.2, 0.25) is 0 Å². The molecule has 0 aliphatic rings. The minimum Gasteiger partial charge on any atom is -0.355 e. The summed E-state index contributed by atoms with van der Waals surface area (Å²) in [5.74, 6) is -1.95. The summed E-state index contributed by atoms with van der Waals surface area (Å²) in [5, 5.41) is 5.32. The molecule has 2 aromatic rings. The van der Waals surface area contributed by atoms with Gasteiger partial charge in [-0.1, -0.05) is 60.7 Å². The van der Waals surface area contributed by atoms with Crippen molar-refractivity contribution in [3.05, 3.63) is 71.8 Å². The van der Waals surface area contributed by atoms with Crippen molar-refractivity contribution < 1.29 is 14.4 Å². The Kier molecular flexibility index (Phi) is 6.25. The Morgan fingerprint density at radius 2 is 1.46 bits per heavy atom. The molecular weight excluding hydrogens is 304 g/mol. The molecule has 5 heteroatoms. The number of carbonyl (C=O) groups is 3. The van der Waals surface area contributed by atoms with E-state index in [2.05, 4.69) is 10.6 Å². The number of Topliss-reactive ketones (excluding diaryl/α,β-unsaturated/α-hetero) is 1. The first-order valence-electron chi connectivity index (χ1n) is 7.73. The van der Waals surface area contributed by atoms with Crippen LogP contribution in [0.3, 0.4) is 0 Å². The average molecular weight is 324 g/mol. The van der Waals surface area contributed by atoms with E-state index in [1.807, 2.05) is 30.3 Å². The quantitative estimate of drug-likeness (QED) is 0.604. The Labute approximate surface area is 141 Å². The SMILES string of the molecule is CC(=O)NCC(C(=O)NCc1ccccc1)C(=O)c1ccccc1. The van der Waals surface area contributed by atoms with Crippen molar-refractivity contribution in [1.82, 2.24) is 10.6 Å². The lowest BCUT2D eigenvalue weighted by molar-refractivity contribution is -0.124. The molecule has 0 spiro atoms. The fourth-order valence-corrected chi connectivity index (χ4v) is 2.26. The maximum absolute atomic E-state index is 12.6. The summed E-state index contributed by atoms with van der Waals surface area (Å²) in [4.78, 5) is 36.2. The van der Waals surface area contributed by atoms with Crippen LogP contribution in [0.15, 0.2) is 60.7 Å². The van der Waals surface area contributed by atoms with Gasteiger partial charge < -0.3 is 10.6 Å². The standard InChI is InChI=1S/C19H20N2O3/c1-14(22)20-13-17(18(23)16-10-6-3-7-11-16)19(24)21-12-15-8-4-2-5-9-15/h2-11,17H,12-13H2,1H3,(H,20,22)(H,21,24). The molecule has 0 saturated heterocycles. The first-order chi connectivity index (χ1) is 11.6. The van der Waals surface area contributed by atoms with E-state index >= 15 is 0 Å². The van der Waals surface area contributed by atoms with Gasteiger partial charge in [-0.05, 0) is 5.56 Å². The molecule has 1 atom stereocenters. The molecule has 0 bridgehead atoms. The van der Waals surface area contributed by atoms with Crippen LogP contribution < -0.4 is 10.6 Å². The van der Waals surface area contributed by atoms with Gasteiger partial charge in [0.1, 0.15) is 5.92 Å². The summed E-state index contributed by atoms with van der Waals surface area (Å²) in [6, 6.07) is 18.0. The van der Waals surface area contributed by atoms with Crippen molar-refractivity contribution in [3.63, 3.8) is 0 Å². The second kappa shape index (κ2) is 8.62. The van der Waals surface area contributed by atoms with E-state index in [1.54, 1.807) is 30.3 Å². The second-order valence-corrected chi connectivity index (χ2v) is 5.42. The van der Waals surface area contributed by atoms with Gasteiger partial charge in [0.2, 0.25) is 11.8 Å². The Balaban J connectivity index is 2.08. The topological polar surface area (TPSA) is 75.3 Å². The number of carbonyl (C=O) groups excluding carboxylic acids is 3. The second-order valence-electron chi connectivity index (χ2n) is 5.42. The fraction of sp³-hybridized carbons (Fsp3) is 0.211. The average Bonchev–Trinajstić information content (AvgIpc) is 2.61. The monoisotopic (exact) mass is 324 g/mol. The molecule has 0 aliphatic carbocycles. The highest BCUT2D eigenvalue weighted by Crippen LogP contribution is 2.10. The van der Waals surface area contributed by atoms with E-state index in [-0.39, 0.29) is 18.2 Å². The zero-order valence-corrected chi connectivity index (χ0v) is 13.5. The van der Waals surface area contributed by atoms with E-state index < -0.39 is 11.8 Å². The summed E-state index contributed by atoms with van der Waals surface area (Å²) in [7, 11) is 0. The Bertz CT molecular complexity index is 699. The fourth-order valence-electron chi connectivity index (χ4n) is 2.26. The molecule has 2 rings (SSSR count). The number of amides is 2. The minimum atomic E-state index is -0.958. The molecule has 0 aliphatic heterocycles. The van der Waals surface area contributed by atoms with Crippen LogP contribution in [0, 0.1) is 5.92 Å².